The summed E-state index contributed by atoms with van der Waals surface area (Å²) in [4.78, 5) is 11.1. The van der Waals surface area contributed by atoms with E-state index in [1.807, 2.05) is 32.3 Å². The SMILES string of the molecule is Cc1noc(C)c1-c1cnc2c(c1)N(Cc1cccnc1)C(C)N2. The van der Waals surface area contributed by atoms with E-state index in [1.54, 1.807) is 6.20 Å². The molecule has 0 bridgehead atoms. The van der Waals surface area contributed by atoms with Crippen LogP contribution in [0.5, 0.6) is 0 Å². The standard InChI is InChI=1S/C18H19N5O/c1-11-17(12(2)24-22-11)15-7-16-18(20-9-15)21-13(3)23(16)10-14-5-4-6-19-8-14/h4-9,13H,10H2,1-3H3,(H,20,21). The van der Waals surface area contributed by atoms with E-state index in [4.69, 9.17) is 4.52 Å². The molecule has 24 heavy (non-hydrogen) atoms. The molecule has 0 saturated heterocycles. The van der Waals surface area contributed by atoms with E-state index >= 15 is 0 Å². The molecule has 1 aliphatic rings. The maximum atomic E-state index is 5.30. The first-order valence-corrected chi connectivity index (χ1v) is 7.99. The molecule has 4 rings (SSSR count). The van der Waals surface area contributed by atoms with Crippen LogP contribution in [0.1, 0.15) is 23.9 Å². The Bertz CT molecular complexity index is 855. The third-order valence-corrected chi connectivity index (χ3v) is 4.39. The van der Waals surface area contributed by atoms with E-state index in [0.29, 0.717) is 0 Å². The molecule has 1 atom stereocenters. The van der Waals surface area contributed by atoms with Gasteiger partial charge in [0.25, 0.3) is 0 Å². The van der Waals surface area contributed by atoms with E-state index in [1.165, 1.54) is 5.56 Å². The maximum Gasteiger partial charge on any atom is 0.151 e. The van der Waals surface area contributed by atoms with Crippen molar-refractivity contribution >= 4 is 11.5 Å². The number of nitrogens with one attached hydrogen (secondary N) is 1. The van der Waals surface area contributed by atoms with Gasteiger partial charge in [-0.25, -0.2) is 4.98 Å². The summed E-state index contributed by atoms with van der Waals surface area (Å²) in [5.41, 5.74) is 5.18. The summed E-state index contributed by atoms with van der Waals surface area (Å²) in [5, 5.41) is 7.47. The number of hydrogen-bond donors (Lipinski definition) is 1. The van der Waals surface area contributed by atoms with Gasteiger partial charge in [0, 0.05) is 36.3 Å². The summed E-state index contributed by atoms with van der Waals surface area (Å²) in [5.74, 6) is 1.72. The van der Waals surface area contributed by atoms with E-state index in [-0.39, 0.29) is 6.17 Å². The number of aryl methyl sites for hydroxylation is 2. The van der Waals surface area contributed by atoms with Crippen molar-refractivity contribution in [2.45, 2.75) is 33.5 Å². The topological polar surface area (TPSA) is 67.1 Å². The fourth-order valence-corrected chi connectivity index (χ4v) is 3.21. The van der Waals surface area contributed by atoms with Gasteiger partial charge in [-0.15, -0.1) is 0 Å². The summed E-state index contributed by atoms with van der Waals surface area (Å²) in [6, 6.07) is 6.20. The second-order valence-corrected chi connectivity index (χ2v) is 6.10. The van der Waals surface area contributed by atoms with Gasteiger partial charge in [-0.3, -0.25) is 4.98 Å². The summed E-state index contributed by atoms with van der Waals surface area (Å²) < 4.78 is 5.30. The normalized spacial score (nSPS) is 16.1. The highest BCUT2D eigenvalue weighted by Crippen LogP contribution is 2.38. The molecule has 0 aliphatic carbocycles. The number of rotatable bonds is 3. The molecule has 0 aromatic carbocycles. The Balaban J connectivity index is 1.73. The molecule has 6 heteroatoms. The van der Waals surface area contributed by atoms with E-state index in [0.717, 1.165) is 40.6 Å². The summed E-state index contributed by atoms with van der Waals surface area (Å²) in [6.45, 7) is 6.79. The van der Waals surface area contributed by atoms with Crippen LogP contribution in [0.25, 0.3) is 11.1 Å². The minimum Gasteiger partial charge on any atom is -0.361 e. The quantitative estimate of drug-likeness (QED) is 0.796. The third-order valence-electron chi connectivity index (χ3n) is 4.39. The molecule has 3 aromatic heterocycles. The number of nitrogens with zero attached hydrogens (tertiary/aromatic N) is 4. The van der Waals surface area contributed by atoms with E-state index in [2.05, 4.69) is 44.4 Å². The van der Waals surface area contributed by atoms with Crippen LogP contribution >= 0.6 is 0 Å². The Hall–Kier alpha value is -2.89. The molecule has 0 amide bonds. The molecular formula is C18H19N5O. The molecule has 1 N–H and O–H groups in total. The zero-order chi connectivity index (χ0) is 16.7. The lowest BCUT2D eigenvalue weighted by atomic mass is 10.1. The molecule has 0 fully saturated rings. The van der Waals surface area contributed by atoms with Crippen molar-refractivity contribution in [3.8, 4) is 11.1 Å². The van der Waals surface area contributed by atoms with Crippen molar-refractivity contribution in [2.24, 2.45) is 0 Å². The number of fused-ring (bicyclic) bond motifs is 1. The van der Waals surface area contributed by atoms with Gasteiger partial charge >= 0.3 is 0 Å². The van der Waals surface area contributed by atoms with Gasteiger partial charge in [0.1, 0.15) is 5.76 Å². The van der Waals surface area contributed by atoms with E-state index < -0.39 is 0 Å². The fraction of sp³-hybridized carbons (Fsp3) is 0.278. The monoisotopic (exact) mass is 321 g/mol. The molecule has 0 spiro atoms. The van der Waals surface area contributed by atoms with Gasteiger partial charge in [0.05, 0.1) is 17.5 Å². The lowest BCUT2D eigenvalue weighted by Gasteiger charge is -2.23. The van der Waals surface area contributed by atoms with Crippen LogP contribution in [0.3, 0.4) is 0 Å². The molecule has 1 unspecified atom stereocenters. The van der Waals surface area contributed by atoms with Gasteiger partial charge in [0.2, 0.25) is 0 Å². The average Bonchev–Trinajstić information content (AvgIpc) is 3.08. The third kappa shape index (κ3) is 2.40. The van der Waals surface area contributed by atoms with Crippen molar-refractivity contribution in [1.82, 2.24) is 15.1 Å². The molecule has 122 valence electrons. The van der Waals surface area contributed by atoms with Crippen molar-refractivity contribution in [1.29, 1.82) is 0 Å². The fourth-order valence-electron chi connectivity index (χ4n) is 3.21. The Morgan fingerprint density at radius 2 is 2.17 bits per heavy atom. The van der Waals surface area contributed by atoms with Crippen molar-refractivity contribution in [3.05, 3.63) is 53.8 Å². The Kier molecular flexibility index (Phi) is 3.45. The molecular weight excluding hydrogens is 302 g/mol. The minimum atomic E-state index is 0.174. The molecule has 0 radical (unpaired) electrons. The van der Waals surface area contributed by atoms with Crippen molar-refractivity contribution < 1.29 is 4.52 Å². The summed E-state index contributed by atoms with van der Waals surface area (Å²) in [6.07, 6.45) is 5.74. The Morgan fingerprint density at radius 1 is 1.29 bits per heavy atom. The Morgan fingerprint density at radius 3 is 2.88 bits per heavy atom. The summed E-state index contributed by atoms with van der Waals surface area (Å²) in [7, 11) is 0. The van der Waals surface area contributed by atoms with Crippen LogP contribution in [0.2, 0.25) is 0 Å². The van der Waals surface area contributed by atoms with E-state index in [9.17, 15) is 0 Å². The van der Waals surface area contributed by atoms with Gasteiger partial charge in [-0.05, 0) is 38.5 Å². The molecule has 6 nitrogen and oxygen atoms in total. The van der Waals surface area contributed by atoms with Gasteiger partial charge in [-0.2, -0.15) is 0 Å². The van der Waals surface area contributed by atoms with Crippen LogP contribution < -0.4 is 10.2 Å². The highest BCUT2D eigenvalue weighted by Gasteiger charge is 2.27. The first-order valence-electron chi connectivity index (χ1n) is 7.99. The number of anilines is 2. The molecule has 1 aliphatic heterocycles. The summed E-state index contributed by atoms with van der Waals surface area (Å²) >= 11 is 0. The second-order valence-electron chi connectivity index (χ2n) is 6.10. The highest BCUT2D eigenvalue weighted by atomic mass is 16.5. The zero-order valence-electron chi connectivity index (χ0n) is 13.9. The highest BCUT2D eigenvalue weighted by molar-refractivity contribution is 5.79. The van der Waals surface area contributed by atoms with Crippen LogP contribution in [0, 0.1) is 13.8 Å². The van der Waals surface area contributed by atoms with Crippen LogP contribution in [0.15, 0.2) is 41.3 Å². The number of pyridine rings is 2. The second kappa shape index (κ2) is 5.63. The lowest BCUT2D eigenvalue weighted by molar-refractivity contribution is 0.393. The smallest absolute Gasteiger partial charge is 0.151 e. The van der Waals surface area contributed by atoms with Crippen LogP contribution in [-0.4, -0.2) is 21.3 Å². The van der Waals surface area contributed by atoms with Gasteiger partial charge < -0.3 is 14.7 Å². The largest absolute Gasteiger partial charge is 0.361 e. The molecule has 0 saturated carbocycles. The van der Waals surface area contributed by atoms with Crippen LogP contribution in [-0.2, 0) is 6.54 Å². The first-order chi connectivity index (χ1) is 11.6. The van der Waals surface area contributed by atoms with Gasteiger partial charge in [-0.1, -0.05) is 11.2 Å². The van der Waals surface area contributed by atoms with Crippen molar-refractivity contribution in [3.63, 3.8) is 0 Å². The lowest BCUT2D eigenvalue weighted by Crippen LogP contribution is -2.32. The predicted molar refractivity (Wildman–Crippen MR) is 92.7 cm³/mol. The molecule has 4 heterocycles. The minimum absolute atomic E-state index is 0.174. The number of aromatic nitrogens is 3. The first kappa shape index (κ1) is 14.7. The average molecular weight is 321 g/mol. The predicted octanol–water partition coefficient (Wildman–Crippen LogP) is 3.53. The van der Waals surface area contributed by atoms with Crippen molar-refractivity contribution in [2.75, 3.05) is 10.2 Å². The van der Waals surface area contributed by atoms with Gasteiger partial charge in [0.15, 0.2) is 5.82 Å². The maximum absolute atomic E-state index is 5.30. The molecule has 3 aromatic rings. The Labute approximate surface area is 140 Å². The zero-order valence-corrected chi connectivity index (χ0v) is 13.9. The number of hydrogen-bond acceptors (Lipinski definition) is 6. The van der Waals surface area contributed by atoms with Crippen LogP contribution in [0.4, 0.5) is 11.5 Å².